The van der Waals surface area contributed by atoms with Crippen LogP contribution in [0.3, 0.4) is 0 Å². The molecule has 0 radical (unpaired) electrons. The molecule has 0 fully saturated rings. The average molecular weight is 251 g/mol. The van der Waals surface area contributed by atoms with E-state index in [1.54, 1.807) is 4.68 Å². The highest BCUT2D eigenvalue weighted by Crippen LogP contribution is 2.31. The van der Waals surface area contributed by atoms with Gasteiger partial charge in [0.25, 0.3) is 0 Å². The van der Waals surface area contributed by atoms with Gasteiger partial charge in [-0.15, -0.1) is 0 Å². The predicted octanol–water partition coefficient (Wildman–Crippen LogP) is 2.29. The predicted molar refractivity (Wildman–Crippen MR) is 71.2 cm³/mol. The van der Waals surface area contributed by atoms with Crippen molar-refractivity contribution in [2.24, 2.45) is 7.05 Å². The highest BCUT2D eigenvalue weighted by atomic mass is 35.5. The molecule has 0 aliphatic carbocycles. The number of hydrogen-bond donors (Lipinski definition) is 1. The minimum Gasteiger partial charge on any atom is -0.397 e. The quantitative estimate of drug-likeness (QED) is 0.851. The molecule has 0 saturated carbocycles. The van der Waals surface area contributed by atoms with Crippen molar-refractivity contribution in [3.63, 3.8) is 0 Å². The van der Waals surface area contributed by atoms with Gasteiger partial charge in [-0.1, -0.05) is 17.7 Å². The number of nitrogens with two attached hydrogens (primary N) is 1. The monoisotopic (exact) mass is 250 g/mol. The maximum Gasteiger partial charge on any atom is 0.0789 e. The minimum absolute atomic E-state index is 0.663. The van der Waals surface area contributed by atoms with Crippen molar-refractivity contribution in [3.05, 3.63) is 41.2 Å². The zero-order valence-electron chi connectivity index (χ0n) is 9.89. The fourth-order valence-corrected chi connectivity index (χ4v) is 2.17. The van der Waals surface area contributed by atoms with E-state index in [0.717, 1.165) is 17.8 Å². The SMILES string of the molecule is CN(Cc1cnn(C)c1)c1c(N)cccc1Cl. The van der Waals surface area contributed by atoms with E-state index in [2.05, 4.69) is 5.10 Å². The van der Waals surface area contributed by atoms with E-state index in [-0.39, 0.29) is 0 Å². The number of rotatable bonds is 3. The Morgan fingerprint density at radius 2 is 2.24 bits per heavy atom. The molecule has 0 aliphatic heterocycles. The molecule has 0 amide bonds. The van der Waals surface area contributed by atoms with Crippen LogP contribution in [0.15, 0.2) is 30.6 Å². The fraction of sp³-hybridized carbons (Fsp3) is 0.250. The third-order valence-electron chi connectivity index (χ3n) is 2.58. The van der Waals surface area contributed by atoms with Crippen LogP contribution in [0.5, 0.6) is 0 Å². The van der Waals surface area contributed by atoms with Crippen molar-refractivity contribution >= 4 is 23.0 Å². The van der Waals surface area contributed by atoms with Crippen LogP contribution in [0.1, 0.15) is 5.56 Å². The van der Waals surface area contributed by atoms with Crippen LogP contribution in [0.25, 0.3) is 0 Å². The van der Waals surface area contributed by atoms with Crippen LogP contribution in [0.4, 0.5) is 11.4 Å². The Kier molecular flexibility index (Phi) is 3.24. The molecule has 1 aromatic heterocycles. The van der Waals surface area contributed by atoms with E-state index in [9.17, 15) is 0 Å². The van der Waals surface area contributed by atoms with Gasteiger partial charge in [0.05, 0.1) is 22.6 Å². The summed E-state index contributed by atoms with van der Waals surface area (Å²) in [6.45, 7) is 0.724. The average Bonchev–Trinajstić information content (AvgIpc) is 2.63. The van der Waals surface area contributed by atoms with Crippen LogP contribution in [0.2, 0.25) is 5.02 Å². The summed E-state index contributed by atoms with van der Waals surface area (Å²) in [6, 6.07) is 5.53. The Hall–Kier alpha value is -1.68. The number of aromatic nitrogens is 2. The second kappa shape index (κ2) is 4.67. The maximum atomic E-state index is 6.15. The van der Waals surface area contributed by atoms with E-state index in [0.29, 0.717) is 10.7 Å². The molecule has 0 bridgehead atoms. The third kappa shape index (κ3) is 2.53. The largest absolute Gasteiger partial charge is 0.397 e. The molecule has 4 nitrogen and oxygen atoms in total. The number of halogens is 1. The summed E-state index contributed by atoms with van der Waals surface area (Å²) in [5.41, 5.74) is 8.60. The summed E-state index contributed by atoms with van der Waals surface area (Å²) < 4.78 is 1.78. The zero-order valence-corrected chi connectivity index (χ0v) is 10.6. The van der Waals surface area contributed by atoms with Gasteiger partial charge in [-0.2, -0.15) is 5.10 Å². The molecule has 0 aliphatic rings. The van der Waals surface area contributed by atoms with Gasteiger partial charge >= 0.3 is 0 Å². The van der Waals surface area contributed by atoms with Crippen molar-refractivity contribution in [3.8, 4) is 0 Å². The van der Waals surface area contributed by atoms with Crippen LogP contribution in [0, 0.1) is 0 Å². The highest BCUT2D eigenvalue weighted by Gasteiger charge is 2.10. The lowest BCUT2D eigenvalue weighted by atomic mass is 10.2. The fourth-order valence-electron chi connectivity index (χ4n) is 1.84. The summed E-state index contributed by atoms with van der Waals surface area (Å²) >= 11 is 6.15. The maximum absolute atomic E-state index is 6.15. The Morgan fingerprint density at radius 1 is 1.47 bits per heavy atom. The first kappa shape index (κ1) is 11.8. The van der Waals surface area contributed by atoms with E-state index in [4.69, 9.17) is 17.3 Å². The molecule has 2 rings (SSSR count). The summed E-state index contributed by atoms with van der Waals surface area (Å²) in [5, 5.41) is 4.80. The van der Waals surface area contributed by atoms with Gasteiger partial charge in [-0.05, 0) is 12.1 Å². The van der Waals surface area contributed by atoms with E-state index in [1.807, 2.05) is 49.6 Å². The molecule has 17 heavy (non-hydrogen) atoms. The Labute approximate surface area is 106 Å². The van der Waals surface area contributed by atoms with Crippen molar-refractivity contribution in [2.45, 2.75) is 6.54 Å². The minimum atomic E-state index is 0.663. The summed E-state index contributed by atoms with van der Waals surface area (Å²) in [6.07, 6.45) is 3.81. The van der Waals surface area contributed by atoms with Crippen molar-refractivity contribution in [2.75, 3.05) is 17.7 Å². The second-order valence-electron chi connectivity index (χ2n) is 4.06. The van der Waals surface area contributed by atoms with Gasteiger partial charge in [0.15, 0.2) is 0 Å². The van der Waals surface area contributed by atoms with Gasteiger partial charge in [0, 0.05) is 32.4 Å². The first-order valence-corrected chi connectivity index (χ1v) is 5.68. The molecular weight excluding hydrogens is 236 g/mol. The molecule has 0 spiro atoms. The molecule has 1 heterocycles. The summed E-state index contributed by atoms with van der Waals surface area (Å²) in [5.74, 6) is 0. The number of nitrogens with zero attached hydrogens (tertiary/aromatic N) is 3. The van der Waals surface area contributed by atoms with Crippen molar-refractivity contribution in [1.29, 1.82) is 0 Å². The van der Waals surface area contributed by atoms with Gasteiger partial charge in [0.2, 0.25) is 0 Å². The second-order valence-corrected chi connectivity index (χ2v) is 4.46. The van der Waals surface area contributed by atoms with E-state index >= 15 is 0 Å². The van der Waals surface area contributed by atoms with E-state index < -0.39 is 0 Å². The Balaban J connectivity index is 2.22. The molecule has 0 unspecified atom stereocenters. The molecule has 90 valence electrons. The topological polar surface area (TPSA) is 47.1 Å². The number of benzene rings is 1. The lowest BCUT2D eigenvalue weighted by Gasteiger charge is -2.21. The standard InChI is InChI=1S/C12H15ClN4/c1-16(7-9-6-15-17(2)8-9)12-10(13)4-3-5-11(12)14/h3-6,8H,7,14H2,1-2H3. The normalized spacial score (nSPS) is 10.5. The number of anilines is 2. The number of para-hydroxylation sites is 1. The van der Waals surface area contributed by atoms with Gasteiger partial charge in [0.1, 0.15) is 0 Å². The van der Waals surface area contributed by atoms with Gasteiger partial charge in [-0.25, -0.2) is 0 Å². The van der Waals surface area contributed by atoms with Crippen LogP contribution in [-0.4, -0.2) is 16.8 Å². The molecular formula is C12H15ClN4. The lowest BCUT2D eigenvalue weighted by Crippen LogP contribution is -2.17. The van der Waals surface area contributed by atoms with Crippen LogP contribution < -0.4 is 10.6 Å². The molecule has 1 aromatic carbocycles. The van der Waals surface area contributed by atoms with Crippen LogP contribution in [-0.2, 0) is 13.6 Å². The third-order valence-corrected chi connectivity index (χ3v) is 2.88. The van der Waals surface area contributed by atoms with Crippen molar-refractivity contribution < 1.29 is 0 Å². The summed E-state index contributed by atoms with van der Waals surface area (Å²) in [7, 11) is 3.86. The summed E-state index contributed by atoms with van der Waals surface area (Å²) in [4.78, 5) is 2.02. The molecule has 0 saturated heterocycles. The van der Waals surface area contributed by atoms with Gasteiger partial charge in [-0.3, -0.25) is 4.68 Å². The Morgan fingerprint density at radius 3 is 2.82 bits per heavy atom. The number of hydrogen-bond acceptors (Lipinski definition) is 3. The van der Waals surface area contributed by atoms with E-state index in [1.165, 1.54) is 0 Å². The zero-order chi connectivity index (χ0) is 12.4. The molecule has 2 N–H and O–H groups in total. The molecule has 5 heteroatoms. The van der Waals surface area contributed by atoms with Gasteiger partial charge < -0.3 is 10.6 Å². The molecule has 2 aromatic rings. The number of aryl methyl sites for hydroxylation is 1. The first-order valence-electron chi connectivity index (χ1n) is 5.30. The van der Waals surface area contributed by atoms with Crippen LogP contribution >= 0.6 is 11.6 Å². The Bertz CT molecular complexity index is 501. The number of nitrogen functional groups attached to an aromatic ring is 1. The lowest BCUT2D eigenvalue weighted by molar-refractivity contribution is 0.766. The molecule has 0 atom stereocenters. The smallest absolute Gasteiger partial charge is 0.0789 e. The highest BCUT2D eigenvalue weighted by molar-refractivity contribution is 6.33. The van der Waals surface area contributed by atoms with Crippen molar-refractivity contribution in [1.82, 2.24) is 9.78 Å². The first-order chi connectivity index (χ1) is 8.08.